The summed E-state index contributed by atoms with van der Waals surface area (Å²) < 4.78 is 0. The molecule has 0 atom stereocenters. The highest BCUT2D eigenvalue weighted by molar-refractivity contribution is 6.17. The van der Waals surface area contributed by atoms with Crippen LogP contribution in [-0.4, -0.2) is 34.4 Å². The number of amides is 1. The van der Waals surface area contributed by atoms with Crippen LogP contribution in [0.4, 0.5) is 0 Å². The molecular formula is C15H20ClNO2. The zero-order chi connectivity index (χ0) is 13.8. The summed E-state index contributed by atoms with van der Waals surface area (Å²) >= 11 is 5.74. The zero-order valence-electron chi connectivity index (χ0n) is 11.2. The fourth-order valence-electron chi connectivity index (χ4n) is 2.42. The highest BCUT2D eigenvalue weighted by Gasteiger charge is 2.29. The van der Waals surface area contributed by atoms with Gasteiger partial charge in [-0.15, -0.1) is 11.6 Å². The van der Waals surface area contributed by atoms with Gasteiger partial charge < -0.3 is 10.0 Å². The second-order valence-corrected chi connectivity index (χ2v) is 5.50. The number of hydrogen-bond donors (Lipinski definition) is 1. The molecule has 1 aromatic rings. The summed E-state index contributed by atoms with van der Waals surface area (Å²) in [5, 5.41) is 9.42. The van der Waals surface area contributed by atoms with Gasteiger partial charge in [0.2, 0.25) is 0 Å². The number of carbonyl (C=O) groups is 1. The highest BCUT2D eigenvalue weighted by atomic mass is 35.5. The lowest BCUT2D eigenvalue weighted by atomic mass is 9.90. The van der Waals surface area contributed by atoms with Crippen molar-refractivity contribution in [1.82, 2.24) is 4.90 Å². The Kier molecular flexibility index (Phi) is 4.70. The number of aryl methyl sites for hydroxylation is 1. The van der Waals surface area contributed by atoms with Gasteiger partial charge in [0.15, 0.2) is 0 Å². The van der Waals surface area contributed by atoms with E-state index >= 15 is 0 Å². The summed E-state index contributed by atoms with van der Waals surface area (Å²) in [7, 11) is 0. The van der Waals surface area contributed by atoms with Crippen LogP contribution in [0.3, 0.4) is 0 Å². The van der Waals surface area contributed by atoms with Crippen LogP contribution in [0, 0.1) is 6.92 Å². The maximum absolute atomic E-state index is 12.6. The molecule has 3 nitrogen and oxygen atoms in total. The summed E-state index contributed by atoms with van der Waals surface area (Å²) in [5.74, 6) is 0.836. The lowest BCUT2D eigenvalue weighted by molar-refractivity contribution is 0.0580. The van der Waals surface area contributed by atoms with Crippen LogP contribution >= 0.6 is 11.6 Å². The number of phenols is 1. The molecule has 0 aromatic heterocycles. The predicted octanol–water partition coefficient (Wildman–Crippen LogP) is 3.32. The van der Waals surface area contributed by atoms with Crippen LogP contribution in [0.15, 0.2) is 18.2 Å². The van der Waals surface area contributed by atoms with Gasteiger partial charge in [0, 0.05) is 24.0 Å². The Bertz CT molecular complexity index is 457. The maximum Gasteiger partial charge on any atom is 0.254 e. The van der Waals surface area contributed by atoms with E-state index in [9.17, 15) is 9.90 Å². The molecule has 1 saturated carbocycles. The summed E-state index contributed by atoms with van der Waals surface area (Å²) in [4.78, 5) is 14.6. The Labute approximate surface area is 119 Å². The first-order valence-corrected chi connectivity index (χ1v) is 7.33. The van der Waals surface area contributed by atoms with Crippen molar-refractivity contribution in [2.75, 3.05) is 12.4 Å². The number of hydrogen-bond acceptors (Lipinski definition) is 2. The second kappa shape index (κ2) is 6.29. The molecule has 0 radical (unpaired) electrons. The summed E-state index contributed by atoms with van der Waals surface area (Å²) in [6, 6.07) is 5.28. The minimum atomic E-state index is 0.0623. The van der Waals surface area contributed by atoms with Crippen molar-refractivity contribution in [3.63, 3.8) is 0 Å². The number of rotatable bonds is 5. The van der Waals surface area contributed by atoms with Gasteiger partial charge in [0.05, 0.1) is 0 Å². The fraction of sp³-hybridized carbons (Fsp3) is 0.533. The third kappa shape index (κ3) is 3.21. The standard InChI is InChI=1S/C15H20ClNO2/c1-11-10-13(18)6-7-14(11)15(19)17(9-3-8-16)12-4-2-5-12/h6-7,10,12,18H,2-5,8-9H2,1H3. The van der Waals surface area contributed by atoms with Crippen molar-refractivity contribution < 1.29 is 9.90 Å². The Hall–Kier alpha value is -1.22. The molecule has 1 fully saturated rings. The van der Waals surface area contributed by atoms with Gasteiger partial charge in [0.25, 0.3) is 5.91 Å². The average molecular weight is 282 g/mol. The van der Waals surface area contributed by atoms with Crippen molar-refractivity contribution in [3.05, 3.63) is 29.3 Å². The van der Waals surface area contributed by atoms with Crippen LogP contribution < -0.4 is 0 Å². The third-order valence-electron chi connectivity index (χ3n) is 3.75. The molecule has 2 rings (SSSR count). The van der Waals surface area contributed by atoms with Gasteiger partial charge in [-0.1, -0.05) is 0 Å². The largest absolute Gasteiger partial charge is 0.508 e. The number of phenolic OH excluding ortho intramolecular Hbond substituents is 1. The molecule has 104 valence electrons. The van der Waals surface area contributed by atoms with Crippen LogP contribution in [0.1, 0.15) is 41.6 Å². The summed E-state index contributed by atoms with van der Waals surface area (Å²) in [6.07, 6.45) is 4.20. The van der Waals surface area contributed by atoms with Crippen molar-refractivity contribution in [3.8, 4) is 5.75 Å². The first kappa shape index (κ1) is 14.2. The van der Waals surface area contributed by atoms with Gasteiger partial charge in [0.1, 0.15) is 5.75 Å². The molecule has 1 amide bonds. The normalized spacial score (nSPS) is 15.1. The molecule has 0 bridgehead atoms. The first-order chi connectivity index (χ1) is 9.13. The maximum atomic E-state index is 12.6. The van der Waals surface area contributed by atoms with E-state index in [-0.39, 0.29) is 11.7 Å². The molecule has 0 saturated heterocycles. The van der Waals surface area contributed by atoms with Gasteiger partial charge >= 0.3 is 0 Å². The molecule has 1 aliphatic rings. The topological polar surface area (TPSA) is 40.5 Å². The van der Waals surface area contributed by atoms with Gasteiger partial charge in [-0.05, 0) is 56.4 Å². The zero-order valence-corrected chi connectivity index (χ0v) is 12.0. The van der Waals surface area contributed by atoms with Crippen molar-refractivity contribution in [2.24, 2.45) is 0 Å². The van der Waals surface area contributed by atoms with Gasteiger partial charge in [-0.3, -0.25) is 4.79 Å². The lowest BCUT2D eigenvalue weighted by Gasteiger charge is -2.38. The van der Waals surface area contributed by atoms with E-state index in [1.165, 1.54) is 6.42 Å². The average Bonchev–Trinajstić information content (AvgIpc) is 2.31. The summed E-state index contributed by atoms with van der Waals surface area (Å²) in [5.41, 5.74) is 1.50. The molecule has 19 heavy (non-hydrogen) atoms. The van der Waals surface area contributed by atoms with E-state index in [2.05, 4.69) is 0 Å². The monoisotopic (exact) mass is 281 g/mol. The Balaban J connectivity index is 2.17. The van der Waals surface area contributed by atoms with E-state index in [1.54, 1.807) is 18.2 Å². The van der Waals surface area contributed by atoms with Gasteiger partial charge in [-0.2, -0.15) is 0 Å². The molecule has 1 aromatic carbocycles. The summed E-state index contributed by atoms with van der Waals surface area (Å²) in [6.45, 7) is 2.57. The van der Waals surface area contributed by atoms with Crippen LogP contribution in [0.25, 0.3) is 0 Å². The number of benzene rings is 1. The van der Waals surface area contributed by atoms with Crippen LogP contribution in [-0.2, 0) is 0 Å². The van der Waals surface area contributed by atoms with E-state index in [0.29, 0.717) is 24.0 Å². The highest BCUT2D eigenvalue weighted by Crippen LogP contribution is 2.27. The second-order valence-electron chi connectivity index (χ2n) is 5.13. The Morgan fingerprint density at radius 3 is 2.74 bits per heavy atom. The number of alkyl halides is 1. The fourth-order valence-corrected chi connectivity index (χ4v) is 2.54. The molecule has 0 unspecified atom stereocenters. The number of aromatic hydroxyl groups is 1. The molecular weight excluding hydrogens is 262 g/mol. The molecule has 4 heteroatoms. The SMILES string of the molecule is Cc1cc(O)ccc1C(=O)N(CCCCl)C1CCC1. The number of halogens is 1. The molecule has 0 heterocycles. The minimum absolute atomic E-state index is 0.0623. The number of nitrogens with zero attached hydrogens (tertiary/aromatic N) is 1. The minimum Gasteiger partial charge on any atom is -0.508 e. The predicted molar refractivity (Wildman–Crippen MR) is 76.9 cm³/mol. The number of carbonyl (C=O) groups excluding carboxylic acids is 1. The van der Waals surface area contributed by atoms with E-state index < -0.39 is 0 Å². The first-order valence-electron chi connectivity index (χ1n) is 6.80. The van der Waals surface area contributed by atoms with E-state index in [4.69, 9.17) is 11.6 Å². The van der Waals surface area contributed by atoms with E-state index in [1.807, 2.05) is 11.8 Å². The van der Waals surface area contributed by atoms with Crippen LogP contribution in [0.5, 0.6) is 5.75 Å². The van der Waals surface area contributed by atoms with Crippen molar-refractivity contribution in [1.29, 1.82) is 0 Å². The van der Waals surface area contributed by atoms with Crippen molar-refractivity contribution in [2.45, 2.75) is 38.6 Å². The van der Waals surface area contributed by atoms with Crippen molar-refractivity contribution >= 4 is 17.5 Å². The third-order valence-corrected chi connectivity index (χ3v) is 4.02. The molecule has 1 N–H and O–H groups in total. The van der Waals surface area contributed by atoms with E-state index in [0.717, 1.165) is 24.8 Å². The molecule has 1 aliphatic carbocycles. The smallest absolute Gasteiger partial charge is 0.254 e. The Morgan fingerprint density at radius 1 is 1.47 bits per heavy atom. The quantitative estimate of drug-likeness (QED) is 0.841. The Morgan fingerprint density at radius 2 is 2.21 bits per heavy atom. The lowest BCUT2D eigenvalue weighted by Crippen LogP contribution is -2.45. The molecule has 0 spiro atoms. The van der Waals surface area contributed by atoms with Gasteiger partial charge in [-0.25, -0.2) is 0 Å². The van der Waals surface area contributed by atoms with Crippen LogP contribution in [0.2, 0.25) is 0 Å². The molecule has 0 aliphatic heterocycles.